The fourth-order valence-corrected chi connectivity index (χ4v) is 2.60. The molecule has 138 valence electrons. The lowest BCUT2D eigenvalue weighted by atomic mass is 10.2. The SMILES string of the molecule is CN(CC(=O)Nc1c(Cl)cccc1Cl)C(=O)c1cccc(OC(F)F)c1. The van der Waals surface area contributed by atoms with E-state index in [1.54, 1.807) is 18.2 Å². The van der Waals surface area contributed by atoms with Crippen LogP contribution in [0.15, 0.2) is 42.5 Å². The van der Waals surface area contributed by atoms with Crippen molar-refractivity contribution in [2.75, 3.05) is 18.9 Å². The van der Waals surface area contributed by atoms with Gasteiger partial charge in [0.2, 0.25) is 5.91 Å². The zero-order chi connectivity index (χ0) is 19.3. The van der Waals surface area contributed by atoms with E-state index in [0.29, 0.717) is 0 Å². The van der Waals surface area contributed by atoms with Gasteiger partial charge in [-0.3, -0.25) is 9.59 Å². The van der Waals surface area contributed by atoms with Gasteiger partial charge in [-0.05, 0) is 30.3 Å². The first-order valence-corrected chi connectivity index (χ1v) is 8.07. The summed E-state index contributed by atoms with van der Waals surface area (Å²) in [7, 11) is 1.40. The predicted molar refractivity (Wildman–Crippen MR) is 95.1 cm³/mol. The van der Waals surface area contributed by atoms with E-state index in [9.17, 15) is 18.4 Å². The predicted octanol–water partition coefficient (Wildman–Crippen LogP) is 4.31. The van der Waals surface area contributed by atoms with Crippen molar-refractivity contribution >= 4 is 40.7 Å². The highest BCUT2D eigenvalue weighted by Crippen LogP contribution is 2.29. The summed E-state index contributed by atoms with van der Waals surface area (Å²) in [5.41, 5.74) is 0.350. The first-order chi connectivity index (χ1) is 12.3. The van der Waals surface area contributed by atoms with Gasteiger partial charge in [0.25, 0.3) is 5.91 Å². The number of ether oxygens (including phenoxy) is 1. The number of nitrogens with zero attached hydrogens (tertiary/aromatic N) is 1. The number of hydrogen-bond acceptors (Lipinski definition) is 3. The molecule has 0 fully saturated rings. The number of likely N-dealkylation sites (N-methyl/N-ethyl adjacent to an activating group) is 1. The Labute approximate surface area is 158 Å². The summed E-state index contributed by atoms with van der Waals surface area (Å²) >= 11 is 11.9. The van der Waals surface area contributed by atoms with Crippen LogP contribution in [0.5, 0.6) is 5.75 Å². The van der Waals surface area contributed by atoms with Crippen LogP contribution in [-0.4, -0.2) is 36.9 Å². The lowest BCUT2D eigenvalue weighted by Gasteiger charge is -2.18. The topological polar surface area (TPSA) is 58.6 Å². The maximum absolute atomic E-state index is 12.4. The van der Waals surface area contributed by atoms with Crippen LogP contribution < -0.4 is 10.1 Å². The van der Waals surface area contributed by atoms with Gasteiger partial charge in [-0.1, -0.05) is 35.3 Å². The molecule has 0 aliphatic heterocycles. The minimum Gasteiger partial charge on any atom is -0.435 e. The number of hydrogen-bond donors (Lipinski definition) is 1. The number of amides is 2. The van der Waals surface area contributed by atoms with Crippen molar-refractivity contribution in [3.63, 3.8) is 0 Å². The molecule has 5 nitrogen and oxygen atoms in total. The highest BCUT2D eigenvalue weighted by atomic mass is 35.5. The first kappa shape index (κ1) is 19.9. The van der Waals surface area contributed by atoms with Gasteiger partial charge in [0, 0.05) is 12.6 Å². The van der Waals surface area contributed by atoms with E-state index in [1.807, 2.05) is 0 Å². The number of carbonyl (C=O) groups is 2. The molecule has 0 aliphatic rings. The molecule has 0 heterocycles. The van der Waals surface area contributed by atoms with E-state index in [0.717, 1.165) is 4.90 Å². The molecule has 1 N–H and O–H groups in total. The highest BCUT2D eigenvalue weighted by molar-refractivity contribution is 6.39. The second-order valence-electron chi connectivity index (χ2n) is 5.21. The Kier molecular flexibility index (Phi) is 6.76. The van der Waals surface area contributed by atoms with Crippen LogP contribution >= 0.6 is 23.2 Å². The summed E-state index contributed by atoms with van der Waals surface area (Å²) in [6.45, 7) is -3.29. The van der Waals surface area contributed by atoms with Crippen LogP contribution in [-0.2, 0) is 4.79 Å². The van der Waals surface area contributed by atoms with E-state index < -0.39 is 18.4 Å². The molecule has 0 bridgehead atoms. The molecule has 9 heteroatoms. The first-order valence-electron chi connectivity index (χ1n) is 7.32. The van der Waals surface area contributed by atoms with Crippen molar-refractivity contribution in [2.45, 2.75) is 6.61 Å². The second kappa shape index (κ2) is 8.82. The van der Waals surface area contributed by atoms with E-state index >= 15 is 0 Å². The second-order valence-corrected chi connectivity index (χ2v) is 6.03. The van der Waals surface area contributed by atoms with Crippen molar-refractivity contribution in [1.29, 1.82) is 0 Å². The molecule has 0 unspecified atom stereocenters. The minimum atomic E-state index is -3.00. The molecule has 2 rings (SSSR count). The van der Waals surface area contributed by atoms with Gasteiger partial charge >= 0.3 is 6.61 Å². The molecule has 26 heavy (non-hydrogen) atoms. The number of halogens is 4. The highest BCUT2D eigenvalue weighted by Gasteiger charge is 2.17. The lowest BCUT2D eigenvalue weighted by molar-refractivity contribution is -0.116. The van der Waals surface area contributed by atoms with Gasteiger partial charge in [0.05, 0.1) is 22.3 Å². The number of alkyl halides is 2. The summed E-state index contributed by atoms with van der Waals surface area (Å²) in [5.74, 6) is -1.20. The summed E-state index contributed by atoms with van der Waals surface area (Å²) in [6.07, 6.45) is 0. The maximum atomic E-state index is 12.4. The third kappa shape index (κ3) is 5.31. The van der Waals surface area contributed by atoms with Gasteiger partial charge in [-0.2, -0.15) is 8.78 Å². The van der Waals surface area contributed by atoms with E-state index in [-0.39, 0.29) is 33.6 Å². The van der Waals surface area contributed by atoms with Crippen LogP contribution in [0.25, 0.3) is 0 Å². The standard InChI is InChI=1S/C17H14Cl2F2N2O3/c1-23(9-14(24)22-15-12(18)6-3-7-13(15)19)16(25)10-4-2-5-11(8-10)26-17(20)21/h2-8,17H,9H2,1H3,(H,22,24). The molecule has 0 atom stereocenters. The number of benzene rings is 2. The normalized spacial score (nSPS) is 10.5. The summed E-state index contributed by atoms with van der Waals surface area (Å²) < 4.78 is 28.8. The lowest BCUT2D eigenvalue weighted by Crippen LogP contribution is -2.35. The van der Waals surface area contributed by atoms with Crippen molar-refractivity contribution in [3.8, 4) is 5.75 Å². The molecule has 0 saturated heterocycles. The molecule has 2 aromatic rings. The molecule has 0 aliphatic carbocycles. The fourth-order valence-electron chi connectivity index (χ4n) is 2.11. The molecule has 2 aromatic carbocycles. The van der Waals surface area contributed by atoms with Crippen LogP contribution in [0.4, 0.5) is 14.5 Å². The summed E-state index contributed by atoms with van der Waals surface area (Å²) in [4.78, 5) is 25.6. The van der Waals surface area contributed by atoms with Crippen molar-refractivity contribution < 1.29 is 23.1 Å². The Morgan fingerprint density at radius 3 is 2.38 bits per heavy atom. The molecular weight excluding hydrogens is 389 g/mol. The number of carbonyl (C=O) groups excluding carboxylic acids is 2. The van der Waals surface area contributed by atoms with Crippen LogP contribution in [0, 0.1) is 0 Å². The Morgan fingerprint density at radius 1 is 1.15 bits per heavy atom. The maximum Gasteiger partial charge on any atom is 0.387 e. The Balaban J connectivity index is 2.03. The monoisotopic (exact) mass is 402 g/mol. The van der Waals surface area contributed by atoms with Crippen molar-refractivity contribution in [1.82, 2.24) is 4.90 Å². The molecule has 0 spiro atoms. The molecular formula is C17H14Cl2F2N2O3. The van der Waals surface area contributed by atoms with Gasteiger partial charge in [0.1, 0.15) is 5.75 Å². The van der Waals surface area contributed by atoms with Gasteiger partial charge < -0.3 is 15.0 Å². The zero-order valence-electron chi connectivity index (χ0n) is 13.5. The van der Waals surface area contributed by atoms with E-state index in [2.05, 4.69) is 10.1 Å². The molecule has 0 radical (unpaired) electrons. The smallest absolute Gasteiger partial charge is 0.387 e. The van der Waals surface area contributed by atoms with Gasteiger partial charge in [0.15, 0.2) is 0 Å². The third-order valence-electron chi connectivity index (χ3n) is 3.26. The van der Waals surface area contributed by atoms with Gasteiger partial charge in [-0.25, -0.2) is 0 Å². The Hall–Kier alpha value is -2.38. The third-order valence-corrected chi connectivity index (χ3v) is 3.89. The van der Waals surface area contributed by atoms with Crippen LogP contribution in [0.1, 0.15) is 10.4 Å². The van der Waals surface area contributed by atoms with E-state index in [4.69, 9.17) is 23.2 Å². The summed E-state index contributed by atoms with van der Waals surface area (Å²) in [6, 6.07) is 10.1. The van der Waals surface area contributed by atoms with E-state index in [1.165, 1.54) is 31.3 Å². The average Bonchev–Trinajstić information content (AvgIpc) is 2.57. The van der Waals surface area contributed by atoms with Crippen molar-refractivity contribution in [3.05, 3.63) is 58.1 Å². The number of para-hydroxylation sites is 1. The largest absolute Gasteiger partial charge is 0.435 e. The number of anilines is 1. The number of rotatable bonds is 6. The summed E-state index contributed by atoms with van der Waals surface area (Å²) in [5, 5.41) is 3.05. The quantitative estimate of drug-likeness (QED) is 0.783. The average molecular weight is 403 g/mol. The van der Waals surface area contributed by atoms with Crippen LogP contribution in [0.2, 0.25) is 10.0 Å². The van der Waals surface area contributed by atoms with Gasteiger partial charge in [-0.15, -0.1) is 0 Å². The fraction of sp³-hybridized carbons (Fsp3) is 0.176. The zero-order valence-corrected chi connectivity index (χ0v) is 15.0. The molecule has 2 amide bonds. The molecule has 0 aromatic heterocycles. The van der Waals surface area contributed by atoms with Crippen LogP contribution in [0.3, 0.4) is 0 Å². The Bertz CT molecular complexity index is 798. The molecule has 0 saturated carbocycles. The minimum absolute atomic E-state index is 0.106. The Morgan fingerprint density at radius 2 is 1.77 bits per heavy atom. The van der Waals surface area contributed by atoms with Crippen molar-refractivity contribution in [2.24, 2.45) is 0 Å². The number of nitrogens with one attached hydrogen (secondary N) is 1.